The van der Waals surface area contributed by atoms with Crippen molar-refractivity contribution in [2.24, 2.45) is 7.05 Å². The molecule has 9 heteroatoms. The molecule has 1 N–H and O–H groups in total. The number of benzene rings is 1. The standard InChI is InChI=1S/C12H14N4O4S/c1-8-6-4-5-7-10(8)21(19)20-14-11(17)16-12(18)15(3)9(2)13-16/h4-7H,1-3H3,(H,14,17). The molecule has 0 aliphatic carbocycles. The van der Waals surface area contributed by atoms with Crippen LogP contribution in [0.5, 0.6) is 0 Å². The molecule has 0 saturated heterocycles. The molecule has 0 bridgehead atoms. The van der Waals surface area contributed by atoms with E-state index >= 15 is 0 Å². The van der Waals surface area contributed by atoms with E-state index in [9.17, 15) is 13.8 Å². The molecule has 0 spiro atoms. The first-order chi connectivity index (χ1) is 9.91. The van der Waals surface area contributed by atoms with Gasteiger partial charge in [0.05, 0.1) is 4.90 Å². The number of hydroxylamine groups is 1. The fraction of sp³-hybridized carbons (Fsp3) is 0.250. The average molecular weight is 310 g/mol. The minimum absolute atomic E-state index is 0.371. The van der Waals surface area contributed by atoms with E-state index in [0.29, 0.717) is 15.4 Å². The van der Waals surface area contributed by atoms with Crippen molar-refractivity contribution in [2.45, 2.75) is 18.7 Å². The number of carbonyl (C=O) groups excluding carboxylic acids is 1. The summed E-state index contributed by atoms with van der Waals surface area (Å²) in [5.74, 6) is 0.371. The van der Waals surface area contributed by atoms with Gasteiger partial charge in [0.15, 0.2) is 0 Å². The second kappa shape index (κ2) is 6.02. The van der Waals surface area contributed by atoms with Crippen LogP contribution in [-0.4, -0.2) is 24.6 Å². The summed E-state index contributed by atoms with van der Waals surface area (Å²) in [6, 6.07) is 5.98. The molecule has 1 aromatic carbocycles. The summed E-state index contributed by atoms with van der Waals surface area (Å²) >= 11 is -1.88. The Morgan fingerprint density at radius 3 is 2.57 bits per heavy atom. The quantitative estimate of drug-likeness (QED) is 0.829. The van der Waals surface area contributed by atoms with Gasteiger partial charge in [0.25, 0.3) is 0 Å². The minimum atomic E-state index is -1.88. The number of rotatable bonds is 3. The third kappa shape index (κ3) is 3.09. The lowest BCUT2D eigenvalue weighted by Gasteiger charge is -2.05. The fourth-order valence-corrected chi connectivity index (χ4v) is 2.33. The van der Waals surface area contributed by atoms with Crippen molar-refractivity contribution in [3.05, 3.63) is 46.1 Å². The van der Waals surface area contributed by atoms with Crippen LogP contribution in [0.25, 0.3) is 0 Å². The highest BCUT2D eigenvalue weighted by molar-refractivity contribution is 7.80. The summed E-state index contributed by atoms with van der Waals surface area (Å²) in [6.07, 6.45) is 0. The minimum Gasteiger partial charge on any atom is -0.282 e. The van der Waals surface area contributed by atoms with Crippen molar-refractivity contribution >= 4 is 17.1 Å². The Hall–Kier alpha value is -2.26. The molecule has 0 fully saturated rings. The van der Waals surface area contributed by atoms with Gasteiger partial charge in [-0.25, -0.2) is 13.8 Å². The van der Waals surface area contributed by atoms with Crippen molar-refractivity contribution in [2.75, 3.05) is 0 Å². The van der Waals surface area contributed by atoms with Gasteiger partial charge in [0.1, 0.15) is 5.82 Å². The monoisotopic (exact) mass is 310 g/mol. The maximum Gasteiger partial charge on any atom is 0.371 e. The molecule has 0 saturated carbocycles. The third-order valence-corrected chi connectivity index (χ3v) is 3.92. The number of nitrogens with zero attached hydrogens (tertiary/aromatic N) is 3. The second-order valence-electron chi connectivity index (χ2n) is 4.29. The van der Waals surface area contributed by atoms with Crippen LogP contribution in [0.1, 0.15) is 11.4 Å². The molecule has 1 aromatic heterocycles. The SMILES string of the molecule is Cc1ccccc1S(=O)ONC(=O)n1nc(C)n(C)c1=O. The number of aryl methyl sites for hydroxylation is 2. The van der Waals surface area contributed by atoms with Gasteiger partial charge in [0, 0.05) is 7.05 Å². The van der Waals surface area contributed by atoms with Gasteiger partial charge in [-0.2, -0.15) is 9.76 Å². The Kier molecular flexibility index (Phi) is 4.34. The third-order valence-electron chi connectivity index (χ3n) is 2.87. The van der Waals surface area contributed by atoms with E-state index in [0.717, 1.165) is 5.56 Å². The number of hydrogen-bond acceptors (Lipinski definition) is 5. The molecule has 2 rings (SSSR count). The van der Waals surface area contributed by atoms with Crippen molar-refractivity contribution in [3.63, 3.8) is 0 Å². The fourth-order valence-electron chi connectivity index (χ4n) is 1.57. The molecule has 0 aliphatic heterocycles. The molecular formula is C12H14N4O4S. The molecule has 1 heterocycles. The zero-order chi connectivity index (χ0) is 15.6. The molecule has 2 aromatic rings. The first kappa shape index (κ1) is 15.1. The van der Waals surface area contributed by atoms with Gasteiger partial charge in [-0.15, -0.1) is 9.78 Å². The first-order valence-corrected chi connectivity index (χ1v) is 7.07. The highest BCUT2D eigenvalue weighted by Crippen LogP contribution is 2.12. The summed E-state index contributed by atoms with van der Waals surface area (Å²) in [6.45, 7) is 3.35. The van der Waals surface area contributed by atoms with Crippen molar-refractivity contribution in [1.82, 2.24) is 19.8 Å². The number of aromatic nitrogens is 3. The number of carbonyl (C=O) groups is 1. The van der Waals surface area contributed by atoms with Crippen molar-refractivity contribution in [1.29, 1.82) is 0 Å². The number of nitrogens with one attached hydrogen (secondary N) is 1. The second-order valence-corrected chi connectivity index (χ2v) is 5.37. The smallest absolute Gasteiger partial charge is 0.282 e. The predicted molar refractivity (Wildman–Crippen MR) is 74.8 cm³/mol. The summed E-state index contributed by atoms with van der Waals surface area (Å²) in [4.78, 5) is 23.9. The Bertz CT molecular complexity index is 765. The van der Waals surface area contributed by atoms with Gasteiger partial charge in [-0.3, -0.25) is 4.57 Å². The molecule has 0 aliphatic rings. The van der Waals surface area contributed by atoms with Crippen LogP contribution in [-0.2, 0) is 22.4 Å². The van der Waals surface area contributed by atoms with Crippen LogP contribution in [0, 0.1) is 13.8 Å². The van der Waals surface area contributed by atoms with Gasteiger partial charge in [0.2, 0.25) is 11.1 Å². The van der Waals surface area contributed by atoms with Gasteiger partial charge in [-0.05, 0) is 25.5 Å². The van der Waals surface area contributed by atoms with Gasteiger partial charge in [-0.1, -0.05) is 18.2 Å². The number of amides is 1. The maximum absolute atomic E-state index is 11.9. The molecule has 1 amide bonds. The van der Waals surface area contributed by atoms with Crippen molar-refractivity contribution in [3.8, 4) is 0 Å². The van der Waals surface area contributed by atoms with E-state index in [1.54, 1.807) is 38.1 Å². The molecular weight excluding hydrogens is 296 g/mol. The first-order valence-electron chi connectivity index (χ1n) is 5.99. The lowest BCUT2D eigenvalue weighted by Crippen LogP contribution is -2.37. The zero-order valence-electron chi connectivity index (χ0n) is 11.7. The van der Waals surface area contributed by atoms with Crippen LogP contribution in [0.3, 0.4) is 0 Å². The Labute approximate surface area is 123 Å². The topological polar surface area (TPSA) is 95.2 Å². The summed E-state index contributed by atoms with van der Waals surface area (Å²) < 4.78 is 18.5. The van der Waals surface area contributed by atoms with E-state index in [1.807, 2.05) is 5.48 Å². The van der Waals surface area contributed by atoms with E-state index in [1.165, 1.54) is 11.6 Å². The highest BCUT2D eigenvalue weighted by Gasteiger charge is 2.16. The van der Waals surface area contributed by atoms with Crippen LogP contribution < -0.4 is 11.2 Å². The average Bonchev–Trinajstić information content (AvgIpc) is 2.72. The normalized spacial score (nSPS) is 12.1. The Morgan fingerprint density at radius 2 is 2.00 bits per heavy atom. The summed E-state index contributed by atoms with van der Waals surface area (Å²) in [7, 11) is 1.49. The Morgan fingerprint density at radius 1 is 1.33 bits per heavy atom. The van der Waals surface area contributed by atoms with Gasteiger partial charge < -0.3 is 0 Å². The largest absolute Gasteiger partial charge is 0.371 e. The van der Waals surface area contributed by atoms with E-state index < -0.39 is 22.8 Å². The predicted octanol–water partition coefficient (Wildman–Crippen LogP) is 0.411. The highest BCUT2D eigenvalue weighted by atomic mass is 32.2. The lowest BCUT2D eigenvalue weighted by molar-refractivity contribution is 0.186. The molecule has 21 heavy (non-hydrogen) atoms. The van der Waals surface area contributed by atoms with E-state index in [-0.39, 0.29) is 0 Å². The van der Waals surface area contributed by atoms with E-state index in [4.69, 9.17) is 4.28 Å². The number of hydrogen-bond donors (Lipinski definition) is 1. The summed E-state index contributed by atoms with van der Waals surface area (Å²) in [5, 5.41) is 3.75. The molecule has 1 unspecified atom stereocenters. The Balaban J connectivity index is 2.08. The van der Waals surface area contributed by atoms with Crippen molar-refractivity contribution < 1.29 is 13.3 Å². The molecule has 1 atom stereocenters. The molecule has 8 nitrogen and oxygen atoms in total. The molecule has 0 radical (unpaired) electrons. The van der Waals surface area contributed by atoms with Gasteiger partial charge >= 0.3 is 11.7 Å². The van der Waals surface area contributed by atoms with Crippen LogP contribution in [0.4, 0.5) is 4.79 Å². The maximum atomic E-state index is 11.9. The lowest BCUT2D eigenvalue weighted by atomic mass is 10.2. The zero-order valence-corrected chi connectivity index (χ0v) is 12.5. The van der Waals surface area contributed by atoms with Crippen LogP contribution >= 0.6 is 0 Å². The summed E-state index contributed by atoms with van der Waals surface area (Å²) in [5.41, 5.74) is 2.10. The van der Waals surface area contributed by atoms with Crippen LogP contribution in [0.2, 0.25) is 0 Å². The molecule has 112 valence electrons. The van der Waals surface area contributed by atoms with E-state index in [2.05, 4.69) is 5.10 Å². The van der Waals surface area contributed by atoms with Crippen LogP contribution in [0.15, 0.2) is 34.0 Å².